The topological polar surface area (TPSA) is 110 Å². The maximum absolute atomic E-state index is 9.53. The van der Waals surface area contributed by atoms with Crippen LogP contribution < -0.4 is 4.74 Å². The van der Waals surface area contributed by atoms with Crippen LogP contribution in [0.5, 0.6) is 11.5 Å². The van der Waals surface area contributed by atoms with Gasteiger partial charge in [0.05, 0.1) is 19.8 Å². The van der Waals surface area contributed by atoms with Crippen molar-refractivity contribution in [3.8, 4) is 11.5 Å². The number of phenols is 1. The van der Waals surface area contributed by atoms with Gasteiger partial charge in [0.15, 0.2) is 6.79 Å². The van der Waals surface area contributed by atoms with Gasteiger partial charge < -0.3 is 30.3 Å². The van der Waals surface area contributed by atoms with Gasteiger partial charge in [-0.1, -0.05) is 0 Å². The first-order valence-corrected chi connectivity index (χ1v) is 4.62. The summed E-state index contributed by atoms with van der Waals surface area (Å²) >= 11 is 0. The van der Waals surface area contributed by atoms with Crippen molar-refractivity contribution < 1.29 is 30.3 Å². The number of hydrogen-bond acceptors (Lipinski definition) is 6. The second kappa shape index (κ2) is 5.66. The van der Waals surface area contributed by atoms with E-state index in [0.717, 1.165) is 0 Å². The average molecular weight is 230 g/mol. The normalized spacial score (nSPS) is 10.5. The van der Waals surface area contributed by atoms with Gasteiger partial charge >= 0.3 is 0 Å². The lowest BCUT2D eigenvalue weighted by atomic mass is 10.0. The summed E-state index contributed by atoms with van der Waals surface area (Å²) in [6.45, 7) is -2.00. The smallest absolute Gasteiger partial charge is 0.186 e. The minimum Gasteiger partial charge on any atom is -0.508 e. The van der Waals surface area contributed by atoms with Gasteiger partial charge in [-0.15, -0.1) is 0 Å². The Morgan fingerprint density at radius 3 is 2.00 bits per heavy atom. The van der Waals surface area contributed by atoms with E-state index in [-0.39, 0.29) is 28.2 Å². The van der Waals surface area contributed by atoms with Gasteiger partial charge in [0.25, 0.3) is 0 Å². The molecule has 1 aromatic rings. The summed E-state index contributed by atoms with van der Waals surface area (Å²) in [6.07, 6.45) is 0. The predicted molar refractivity (Wildman–Crippen MR) is 53.6 cm³/mol. The van der Waals surface area contributed by atoms with E-state index in [9.17, 15) is 5.11 Å². The second-order valence-electron chi connectivity index (χ2n) is 3.09. The quantitative estimate of drug-likeness (QED) is 0.423. The summed E-state index contributed by atoms with van der Waals surface area (Å²) in [5.41, 5.74) is 0.497. The van der Waals surface area contributed by atoms with Crippen LogP contribution in [0.2, 0.25) is 0 Å². The van der Waals surface area contributed by atoms with Crippen molar-refractivity contribution in [1.82, 2.24) is 0 Å². The molecule has 0 saturated heterocycles. The summed E-state index contributed by atoms with van der Waals surface area (Å²) in [5.74, 6) is -0.157. The molecule has 0 aliphatic rings. The molecule has 0 spiro atoms. The van der Waals surface area contributed by atoms with Gasteiger partial charge in [0.2, 0.25) is 0 Å². The molecular weight excluding hydrogens is 216 g/mol. The molecule has 0 bridgehead atoms. The first kappa shape index (κ1) is 12.7. The second-order valence-corrected chi connectivity index (χ2v) is 3.09. The third kappa shape index (κ3) is 2.25. The van der Waals surface area contributed by atoms with Crippen molar-refractivity contribution in [3.05, 3.63) is 22.8 Å². The van der Waals surface area contributed by atoms with Gasteiger partial charge in [-0.2, -0.15) is 0 Å². The fraction of sp³-hybridized carbons (Fsp3) is 0.400. The molecule has 0 unspecified atom stereocenters. The Balaban J connectivity index is 3.39. The summed E-state index contributed by atoms with van der Waals surface area (Å²) in [5, 5.41) is 45.4. The van der Waals surface area contributed by atoms with E-state index in [1.165, 1.54) is 6.07 Å². The molecule has 1 rings (SSSR count). The standard InChI is InChI=1S/C10H14O6/c11-2-6-1-9(15)7(3-12)8(4-13)10(6)16-5-14/h1,11-15H,2-5H2. The lowest BCUT2D eigenvalue weighted by Crippen LogP contribution is -2.06. The van der Waals surface area contributed by atoms with Crippen LogP contribution in [0.1, 0.15) is 16.7 Å². The molecule has 1 aromatic carbocycles. The number of aliphatic hydroxyl groups excluding tert-OH is 4. The minimum atomic E-state index is -0.629. The molecule has 0 atom stereocenters. The molecule has 0 fully saturated rings. The first-order valence-electron chi connectivity index (χ1n) is 4.62. The Bertz CT molecular complexity index is 363. The zero-order valence-corrected chi connectivity index (χ0v) is 8.55. The van der Waals surface area contributed by atoms with E-state index in [4.69, 9.17) is 25.2 Å². The molecule has 16 heavy (non-hydrogen) atoms. The first-order chi connectivity index (χ1) is 7.69. The fourth-order valence-corrected chi connectivity index (χ4v) is 1.51. The number of ether oxygens (including phenoxy) is 1. The molecule has 6 heteroatoms. The van der Waals surface area contributed by atoms with Gasteiger partial charge in [-0.3, -0.25) is 0 Å². The van der Waals surface area contributed by atoms with Crippen molar-refractivity contribution in [2.75, 3.05) is 6.79 Å². The summed E-state index contributed by atoms with van der Waals surface area (Å²) in [4.78, 5) is 0. The van der Waals surface area contributed by atoms with E-state index < -0.39 is 26.6 Å². The number of hydrogen-bond donors (Lipinski definition) is 5. The minimum absolute atomic E-state index is 0.0781. The monoisotopic (exact) mass is 230 g/mol. The summed E-state index contributed by atoms with van der Waals surface area (Å²) < 4.78 is 4.86. The molecular formula is C10H14O6. The van der Waals surface area contributed by atoms with Crippen molar-refractivity contribution in [3.63, 3.8) is 0 Å². The van der Waals surface area contributed by atoms with E-state index in [1.54, 1.807) is 0 Å². The number of rotatable bonds is 5. The van der Waals surface area contributed by atoms with Gasteiger partial charge in [-0.05, 0) is 6.07 Å². The highest BCUT2D eigenvalue weighted by Gasteiger charge is 2.17. The number of aliphatic hydroxyl groups is 4. The van der Waals surface area contributed by atoms with Gasteiger partial charge in [-0.25, -0.2) is 0 Å². The molecule has 0 aromatic heterocycles. The molecule has 0 amide bonds. The van der Waals surface area contributed by atoms with Crippen molar-refractivity contribution in [1.29, 1.82) is 0 Å². The average Bonchev–Trinajstić information content (AvgIpc) is 2.30. The Hall–Kier alpha value is -1.34. The number of benzene rings is 1. The van der Waals surface area contributed by atoms with Crippen LogP contribution in [0.25, 0.3) is 0 Å². The highest BCUT2D eigenvalue weighted by molar-refractivity contribution is 5.52. The van der Waals surface area contributed by atoms with Crippen molar-refractivity contribution >= 4 is 0 Å². The highest BCUT2D eigenvalue weighted by atomic mass is 16.6. The van der Waals surface area contributed by atoms with Crippen LogP contribution in [-0.4, -0.2) is 32.3 Å². The third-order valence-corrected chi connectivity index (χ3v) is 2.25. The maximum atomic E-state index is 9.53. The molecule has 0 aliphatic heterocycles. The van der Waals surface area contributed by atoms with E-state index in [0.29, 0.717) is 0 Å². The van der Waals surface area contributed by atoms with E-state index in [1.807, 2.05) is 0 Å². The zero-order valence-electron chi connectivity index (χ0n) is 8.55. The Kier molecular flexibility index (Phi) is 4.51. The Morgan fingerprint density at radius 1 is 0.938 bits per heavy atom. The Morgan fingerprint density at radius 2 is 1.56 bits per heavy atom. The lowest BCUT2D eigenvalue weighted by Gasteiger charge is -2.16. The third-order valence-electron chi connectivity index (χ3n) is 2.25. The van der Waals surface area contributed by atoms with E-state index >= 15 is 0 Å². The van der Waals surface area contributed by atoms with Crippen LogP contribution in [0.3, 0.4) is 0 Å². The van der Waals surface area contributed by atoms with Crippen LogP contribution in [0, 0.1) is 0 Å². The maximum Gasteiger partial charge on any atom is 0.186 e. The fourth-order valence-electron chi connectivity index (χ4n) is 1.51. The molecule has 6 nitrogen and oxygen atoms in total. The molecule has 5 N–H and O–H groups in total. The lowest BCUT2D eigenvalue weighted by molar-refractivity contribution is 0.0925. The molecule has 90 valence electrons. The van der Waals surface area contributed by atoms with Crippen LogP contribution in [0.4, 0.5) is 0 Å². The SMILES string of the molecule is OCOc1c(CO)cc(O)c(CO)c1CO. The summed E-state index contributed by atoms with van der Waals surface area (Å²) in [6, 6.07) is 1.22. The highest BCUT2D eigenvalue weighted by Crippen LogP contribution is 2.34. The van der Waals surface area contributed by atoms with Crippen molar-refractivity contribution in [2.45, 2.75) is 19.8 Å². The van der Waals surface area contributed by atoms with Crippen LogP contribution in [-0.2, 0) is 19.8 Å². The molecule has 0 aliphatic carbocycles. The zero-order chi connectivity index (χ0) is 12.1. The Labute approximate surface area is 92.0 Å². The largest absolute Gasteiger partial charge is 0.508 e. The summed E-state index contributed by atoms with van der Waals surface area (Å²) in [7, 11) is 0. The van der Waals surface area contributed by atoms with Gasteiger partial charge in [0, 0.05) is 16.7 Å². The van der Waals surface area contributed by atoms with E-state index in [2.05, 4.69) is 0 Å². The predicted octanol–water partition coefficient (Wildman–Crippen LogP) is -0.802. The molecule has 0 heterocycles. The number of aromatic hydroxyl groups is 1. The molecule has 0 saturated carbocycles. The van der Waals surface area contributed by atoms with Crippen molar-refractivity contribution in [2.24, 2.45) is 0 Å². The van der Waals surface area contributed by atoms with Crippen LogP contribution in [0.15, 0.2) is 6.07 Å². The molecule has 0 radical (unpaired) electrons. The van der Waals surface area contributed by atoms with Crippen LogP contribution >= 0.6 is 0 Å². The van der Waals surface area contributed by atoms with Gasteiger partial charge in [0.1, 0.15) is 11.5 Å².